The Morgan fingerprint density at radius 2 is 2.47 bits per heavy atom. The van der Waals surface area contributed by atoms with E-state index in [4.69, 9.17) is 0 Å². The van der Waals surface area contributed by atoms with Crippen molar-refractivity contribution in [3.05, 3.63) is 16.6 Å². The molecule has 17 heavy (non-hydrogen) atoms. The van der Waals surface area contributed by atoms with Gasteiger partial charge in [0.25, 0.3) is 0 Å². The van der Waals surface area contributed by atoms with E-state index in [1.54, 1.807) is 11.3 Å². The molecule has 1 aromatic heterocycles. The first-order valence-electron chi connectivity index (χ1n) is 6.57. The second-order valence-electron chi connectivity index (χ2n) is 5.15. The average molecular weight is 253 g/mol. The van der Waals surface area contributed by atoms with Crippen LogP contribution in [-0.2, 0) is 6.42 Å². The summed E-state index contributed by atoms with van der Waals surface area (Å²) in [6.07, 6.45) is 5.45. The lowest BCUT2D eigenvalue weighted by Gasteiger charge is -2.32. The van der Waals surface area contributed by atoms with Crippen LogP contribution in [0.3, 0.4) is 0 Å². The molecule has 0 spiro atoms. The lowest BCUT2D eigenvalue weighted by molar-refractivity contribution is 0.217. The number of hydrogen-bond acceptors (Lipinski definition) is 4. The molecule has 1 aliphatic rings. The Morgan fingerprint density at radius 3 is 3.18 bits per heavy atom. The van der Waals surface area contributed by atoms with Crippen molar-refractivity contribution in [2.75, 3.05) is 26.2 Å². The number of hydrogen-bond donors (Lipinski definition) is 1. The van der Waals surface area contributed by atoms with Crippen molar-refractivity contribution in [2.24, 2.45) is 0 Å². The summed E-state index contributed by atoms with van der Waals surface area (Å²) >= 11 is 1.77. The van der Waals surface area contributed by atoms with E-state index in [2.05, 4.69) is 34.4 Å². The summed E-state index contributed by atoms with van der Waals surface area (Å²) in [6, 6.07) is 0. The lowest BCUT2D eigenvalue weighted by Crippen LogP contribution is -2.48. The van der Waals surface area contributed by atoms with E-state index in [9.17, 15) is 0 Å². The molecule has 3 nitrogen and oxygen atoms in total. The molecule has 1 fully saturated rings. The molecular formula is C13H23N3S. The molecule has 0 aliphatic carbocycles. The minimum atomic E-state index is 0.291. The third-order valence-corrected chi connectivity index (χ3v) is 4.52. The van der Waals surface area contributed by atoms with Crippen molar-refractivity contribution >= 4 is 11.3 Å². The summed E-state index contributed by atoms with van der Waals surface area (Å²) in [7, 11) is 0. The first kappa shape index (κ1) is 13.0. The second kappa shape index (κ2) is 5.94. The highest BCUT2D eigenvalue weighted by Crippen LogP contribution is 2.16. The standard InChI is InChI=1S/C13H23N3S/c1-3-13(2)11-16(8-4-6-15-13)9-5-12-14-7-10-17-12/h7,10,15H,3-6,8-9,11H2,1-2H3. The fourth-order valence-electron chi connectivity index (χ4n) is 2.38. The van der Waals surface area contributed by atoms with Crippen molar-refractivity contribution in [2.45, 2.75) is 38.6 Å². The van der Waals surface area contributed by atoms with E-state index < -0.39 is 0 Å². The van der Waals surface area contributed by atoms with E-state index in [1.807, 2.05) is 6.20 Å². The molecule has 1 unspecified atom stereocenters. The number of aromatic nitrogens is 1. The van der Waals surface area contributed by atoms with E-state index in [1.165, 1.54) is 24.4 Å². The molecule has 0 saturated carbocycles. The van der Waals surface area contributed by atoms with Gasteiger partial charge < -0.3 is 10.2 Å². The molecule has 1 atom stereocenters. The van der Waals surface area contributed by atoms with Gasteiger partial charge in [0.15, 0.2) is 0 Å². The maximum absolute atomic E-state index is 4.36. The minimum absolute atomic E-state index is 0.291. The number of thiazole rings is 1. The van der Waals surface area contributed by atoms with Gasteiger partial charge >= 0.3 is 0 Å². The molecule has 0 aromatic carbocycles. The molecule has 1 aliphatic heterocycles. The Hall–Kier alpha value is -0.450. The Bertz CT molecular complexity index is 325. The van der Waals surface area contributed by atoms with Crippen LogP contribution >= 0.6 is 11.3 Å². The number of rotatable bonds is 4. The Morgan fingerprint density at radius 1 is 1.59 bits per heavy atom. The Labute approximate surface area is 108 Å². The molecule has 1 aromatic rings. The van der Waals surface area contributed by atoms with Crippen molar-refractivity contribution in [1.29, 1.82) is 0 Å². The van der Waals surface area contributed by atoms with Gasteiger partial charge in [0.1, 0.15) is 0 Å². The largest absolute Gasteiger partial charge is 0.310 e. The van der Waals surface area contributed by atoms with Gasteiger partial charge in [-0.05, 0) is 32.9 Å². The van der Waals surface area contributed by atoms with Crippen LogP contribution in [0.15, 0.2) is 11.6 Å². The monoisotopic (exact) mass is 253 g/mol. The Kier molecular flexibility index (Phi) is 4.54. The van der Waals surface area contributed by atoms with E-state index in [0.717, 1.165) is 26.1 Å². The third kappa shape index (κ3) is 3.76. The molecule has 2 heterocycles. The summed E-state index contributed by atoms with van der Waals surface area (Å²) in [5.74, 6) is 0. The van der Waals surface area contributed by atoms with E-state index in [0.29, 0.717) is 5.54 Å². The van der Waals surface area contributed by atoms with Crippen LogP contribution in [0.1, 0.15) is 31.7 Å². The fourth-order valence-corrected chi connectivity index (χ4v) is 2.99. The van der Waals surface area contributed by atoms with Crippen molar-refractivity contribution in [1.82, 2.24) is 15.2 Å². The zero-order valence-corrected chi connectivity index (χ0v) is 11.7. The Balaban J connectivity index is 1.86. The fraction of sp³-hybridized carbons (Fsp3) is 0.769. The highest BCUT2D eigenvalue weighted by molar-refractivity contribution is 7.09. The molecule has 0 amide bonds. The van der Waals surface area contributed by atoms with Crippen LogP contribution < -0.4 is 5.32 Å². The van der Waals surface area contributed by atoms with Gasteiger partial charge in [0.2, 0.25) is 0 Å². The van der Waals surface area contributed by atoms with E-state index >= 15 is 0 Å². The normalized spacial score (nSPS) is 26.9. The highest BCUT2D eigenvalue weighted by atomic mass is 32.1. The zero-order valence-electron chi connectivity index (χ0n) is 10.9. The van der Waals surface area contributed by atoms with Crippen LogP contribution in [0, 0.1) is 0 Å². The zero-order chi connectivity index (χ0) is 12.1. The minimum Gasteiger partial charge on any atom is -0.310 e. The van der Waals surface area contributed by atoms with Crippen molar-refractivity contribution < 1.29 is 0 Å². The summed E-state index contributed by atoms with van der Waals surface area (Å²) in [4.78, 5) is 6.95. The number of nitrogens with zero attached hydrogens (tertiary/aromatic N) is 2. The van der Waals surface area contributed by atoms with Gasteiger partial charge in [0.05, 0.1) is 5.01 Å². The molecule has 2 rings (SSSR count). The summed E-state index contributed by atoms with van der Waals surface area (Å²) in [6.45, 7) is 9.29. The quantitative estimate of drug-likeness (QED) is 0.891. The van der Waals surface area contributed by atoms with Crippen LogP contribution in [0.4, 0.5) is 0 Å². The number of nitrogens with one attached hydrogen (secondary N) is 1. The van der Waals surface area contributed by atoms with Gasteiger partial charge in [-0.2, -0.15) is 0 Å². The maximum atomic E-state index is 4.36. The van der Waals surface area contributed by atoms with E-state index in [-0.39, 0.29) is 0 Å². The summed E-state index contributed by atoms with van der Waals surface area (Å²) in [5, 5.41) is 7.01. The highest BCUT2D eigenvalue weighted by Gasteiger charge is 2.26. The smallest absolute Gasteiger partial charge is 0.0937 e. The van der Waals surface area contributed by atoms with Crippen LogP contribution in [-0.4, -0.2) is 41.6 Å². The molecule has 0 radical (unpaired) electrons. The predicted molar refractivity (Wildman–Crippen MR) is 73.6 cm³/mol. The van der Waals surface area contributed by atoms with Gasteiger partial charge in [-0.1, -0.05) is 6.92 Å². The molecule has 96 valence electrons. The third-order valence-electron chi connectivity index (χ3n) is 3.68. The molecule has 1 N–H and O–H groups in total. The topological polar surface area (TPSA) is 28.2 Å². The molecule has 1 saturated heterocycles. The van der Waals surface area contributed by atoms with Gasteiger partial charge in [0, 0.05) is 36.6 Å². The van der Waals surface area contributed by atoms with Crippen LogP contribution in [0.5, 0.6) is 0 Å². The molecule has 0 bridgehead atoms. The van der Waals surface area contributed by atoms with Gasteiger partial charge in [-0.15, -0.1) is 11.3 Å². The van der Waals surface area contributed by atoms with Gasteiger partial charge in [-0.3, -0.25) is 0 Å². The summed E-state index contributed by atoms with van der Waals surface area (Å²) < 4.78 is 0. The SMILES string of the molecule is CCC1(C)CN(CCc2nccs2)CCCN1. The molecular weight excluding hydrogens is 230 g/mol. The van der Waals surface area contributed by atoms with Crippen LogP contribution in [0.25, 0.3) is 0 Å². The maximum Gasteiger partial charge on any atom is 0.0937 e. The first-order valence-corrected chi connectivity index (χ1v) is 7.45. The van der Waals surface area contributed by atoms with Crippen LogP contribution in [0.2, 0.25) is 0 Å². The lowest BCUT2D eigenvalue weighted by atomic mass is 9.98. The summed E-state index contributed by atoms with van der Waals surface area (Å²) in [5.41, 5.74) is 0.291. The second-order valence-corrected chi connectivity index (χ2v) is 6.13. The van der Waals surface area contributed by atoms with Gasteiger partial charge in [-0.25, -0.2) is 4.98 Å². The first-order chi connectivity index (χ1) is 8.22. The predicted octanol–water partition coefficient (Wildman–Crippen LogP) is 2.15. The average Bonchev–Trinajstić information content (AvgIpc) is 2.77. The van der Waals surface area contributed by atoms with Crippen molar-refractivity contribution in [3.8, 4) is 0 Å². The molecule has 4 heteroatoms. The van der Waals surface area contributed by atoms with Crippen molar-refractivity contribution in [3.63, 3.8) is 0 Å².